The van der Waals surface area contributed by atoms with Crippen molar-refractivity contribution < 1.29 is 31.9 Å². The van der Waals surface area contributed by atoms with E-state index < -0.39 is 30.0 Å². The van der Waals surface area contributed by atoms with E-state index in [0.29, 0.717) is 76.7 Å². The third-order valence-electron chi connectivity index (χ3n) is 13.3. The van der Waals surface area contributed by atoms with Crippen LogP contribution in [0.25, 0.3) is 21.8 Å². The van der Waals surface area contributed by atoms with Crippen LogP contribution in [0.15, 0.2) is 160 Å². The molecular formula is C57H60N6O8SSi. The Morgan fingerprint density at radius 3 is 2.29 bits per heavy atom. The molecular weight excluding hydrogens is 957 g/mol. The number of aromatic amines is 1. The van der Waals surface area contributed by atoms with Crippen LogP contribution in [0.2, 0.25) is 18.1 Å². The number of fused-ring (bicyclic) bond motifs is 2. The lowest BCUT2D eigenvalue weighted by molar-refractivity contribution is 0.0998. The second-order valence-electron chi connectivity index (χ2n) is 19.4. The third-order valence-corrected chi connectivity index (χ3v) is 19.5. The molecule has 0 spiro atoms. The summed E-state index contributed by atoms with van der Waals surface area (Å²) in [5.74, 6) is -0.0735. The third kappa shape index (κ3) is 11.8. The summed E-state index contributed by atoms with van der Waals surface area (Å²) in [5, 5.41) is 10.9. The van der Waals surface area contributed by atoms with E-state index in [0.717, 1.165) is 22.1 Å². The maximum Gasteiger partial charge on any atom is 0.255 e. The molecule has 8 aromatic rings. The number of pyridine rings is 2. The van der Waals surface area contributed by atoms with Gasteiger partial charge in [-0.1, -0.05) is 81.4 Å². The molecule has 16 heteroatoms. The molecule has 0 aliphatic carbocycles. The second kappa shape index (κ2) is 21.6. The van der Waals surface area contributed by atoms with Crippen molar-refractivity contribution in [3.05, 3.63) is 189 Å². The Morgan fingerprint density at radius 1 is 0.808 bits per heavy atom. The van der Waals surface area contributed by atoms with Crippen LogP contribution in [0.4, 0.5) is 17.1 Å². The summed E-state index contributed by atoms with van der Waals surface area (Å²) in [5.41, 5.74) is 11.8. The molecule has 0 bridgehead atoms. The molecule has 0 fully saturated rings. The normalized spacial score (nSPS) is 12.4. The highest BCUT2D eigenvalue weighted by Crippen LogP contribution is 2.42. The summed E-state index contributed by atoms with van der Waals surface area (Å²) >= 11 is 0. The molecule has 2 amide bonds. The number of H-pyrrole nitrogens is 1. The molecule has 6 aromatic carbocycles. The predicted octanol–water partition coefficient (Wildman–Crippen LogP) is 10.8. The Labute approximate surface area is 426 Å². The zero-order valence-corrected chi connectivity index (χ0v) is 43.8. The van der Waals surface area contributed by atoms with Gasteiger partial charge < -0.3 is 40.6 Å². The molecule has 2 heterocycles. The molecule has 0 radical (unpaired) electrons. The molecule has 0 unspecified atom stereocenters. The lowest BCUT2D eigenvalue weighted by atomic mass is 10.0. The number of benzene rings is 6. The summed E-state index contributed by atoms with van der Waals surface area (Å²) in [7, 11) is -4.94. The fourth-order valence-electron chi connectivity index (χ4n) is 8.27. The van der Waals surface area contributed by atoms with Crippen LogP contribution in [-0.2, 0) is 27.3 Å². The minimum atomic E-state index is -4.20. The van der Waals surface area contributed by atoms with Crippen molar-refractivity contribution >= 4 is 68.8 Å². The smallest absolute Gasteiger partial charge is 0.255 e. The van der Waals surface area contributed by atoms with Crippen molar-refractivity contribution in [1.29, 1.82) is 0 Å². The molecule has 0 saturated carbocycles. The van der Waals surface area contributed by atoms with E-state index in [9.17, 15) is 22.8 Å². The molecule has 0 aliphatic heterocycles. The van der Waals surface area contributed by atoms with E-state index in [2.05, 4.69) is 59.8 Å². The van der Waals surface area contributed by atoms with E-state index >= 15 is 0 Å². The zero-order chi connectivity index (χ0) is 52.1. The first kappa shape index (κ1) is 51.7. The van der Waals surface area contributed by atoms with Gasteiger partial charge in [0.1, 0.15) is 18.1 Å². The maximum absolute atomic E-state index is 14.3. The molecule has 73 heavy (non-hydrogen) atoms. The van der Waals surface area contributed by atoms with Gasteiger partial charge in [-0.05, 0) is 127 Å². The van der Waals surface area contributed by atoms with Gasteiger partial charge >= 0.3 is 0 Å². The monoisotopic (exact) mass is 1020 g/mol. The number of primary amides is 1. The molecule has 1 atom stereocenters. The van der Waals surface area contributed by atoms with Crippen molar-refractivity contribution in [2.45, 2.75) is 74.7 Å². The van der Waals surface area contributed by atoms with Gasteiger partial charge in [-0.3, -0.25) is 19.4 Å². The Morgan fingerprint density at radius 2 is 1.56 bits per heavy atom. The number of hydrogen-bond acceptors (Lipinski definition) is 11. The first-order valence-electron chi connectivity index (χ1n) is 23.9. The summed E-state index contributed by atoms with van der Waals surface area (Å²) in [4.78, 5) is 46.2. The number of aromatic nitrogens is 2. The molecule has 14 nitrogen and oxygen atoms in total. The first-order chi connectivity index (χ1) is 34.8. The number of methoxy groups -OCH3 is 1. The number of nitrogens with zero attached hydrogens (tertiary/aromatic N) is 1. The van der Waals surface area contributed by atoms with Gasteiger partial charge in [0.25, 0.3) is 11.8 Å². The number of rotatable bonds is 19. The van der Waals surface area contributed by atoms with Crippen LogP contribution in [0.3, 0.4) is 0 Å². The number of ether oxygens (including phenoxy) is 2. The number of aryl methyl sites for hydroxylation is 1. The van der Waals surface area contributed by atoms with Gasteiger partial charge in [0.15, 0.2) is 8.32 Å². The van der Waals surface area contributed by atoms with Crippen molar-refractivity contribution in [3.63, 3.8) is 0 Å². The Bertz CT molecular complexity index is 3510. The van der Waals surface area contributed by atoms with Crippen molar-refractivity contribution in [3.8, 4) is 11.5 Å². The van der Waals surface area contributed by atoms with Crippen molar-refractivity contribution in [2.75, 3.05) is 30.8 Å². The maximum atomic E-state index is 14.3. The standard InChI is InChI=1S/C57H60N6O8SSi/c1-36-29-44(32-47-52(36)60-33-48(55(58)65)53(47)61-41-16-12-17-42(31-41)69-5)72(67,68)43-18-11-15-39(30-43)56(66)62-40-21-19-37(20-22-40)27-28-59-34-50(71-73(6,7)57(2,3)4)45-23-25-49(54-46(45)24-26-51(64)63-54)70-35-38-13-9-8-10-14-38/h8-26,29-33,50,59H,27-28,34-35H2,1-7H3,(H2,58,65)(H,60,61)(H,62,66)(H,63,64)/t50-/m0/s1. The number of nitrogens with two attached hydrogens (primary N) is 1. The Kier molecular flexibility index (Phi) is 15.3. The van der Waals surface area contributed by atoms with Gasteiger partial charge in [0.2, 0.25) is 15.4 Å². The molecule has 6 N–H and O–H groups in total. The lowest BCUT2D eigenvalue weighted by Gasteiger charge is -2.39. The first-order valence-corrected chi connectivity index (χ1v) is 28.3. The number of hydrogen-bond donors (Lipinski definition) is 5. The predicted molar refractivity (Wildman–Crippen MR) is 291 cm³/mol. The minimum absolute atomic E-state index is 0.0521. The molecule has 376 valence electrons. The highest BCUT2D eigenvalue weighted by Gasteiger charge is 2.40. The number of amides is 2. The van der Waals surface area contributed by atoms with E-state index in [1.807, 2.05) is 72.8 Å². The SMILES string of the molecule is COc1cccc(Nc2c(C(N)=O)cnc3c(C)cc(S(=O)(=O)c4cccc(C(=O)Nc5ccc(CCNC[C@H](O[Si](C)(C)C(C)(C)C)c6ccc(OCc7ccccc7)c7[nH]c(=O)ccc67)cc5)c4)cc23)c1. The summed E-state index contributed by atoms with van der Waals surface area (Å²) < 4.78 is 47.3. The fraction of sp³-hybridized carbons (Fsp3) is 0.228. The second-order valence-corrected chi connectivity index (χ2v) is 26.2. The van der Waals surface area contributed by atoms with Gasteiger partial charge in [0.05, 0.1) is 45.3 Å². The average molecular weight is 1020 g/mol. The number of sulfone groups is 1. The molecule has 8 rings (SSSR count). The summed E-state index contributed by atoms with van der Waals surface area (Å²) in [6.07, 6.45) is 1.73. The summed E-state index contributed by atoms with van der Waals surface area (Å²) in [6.45, 7) is 14.3. The topological polar surface area (TPSA) is 204 Å². The molecule has 2 aromatic heterocycles. The van der Waals surface area contributed by atoms with Gasteiger partial charge in [-0.25, -0.2) is 8.42 Å². The van der Waals surface area contributed by atoms with E-state index in [1.54, 1.807) is 37.3 Å². The van der Waals surface area contributed by atoms with E-state index in [-0.39, 0.29) is 37.6 Å². The largest absolute Gasteiger partial charge is 0.497 e. The number of carbonyl (C=O) groups excluding carboxylic acids is 2. The van der Waals surface area contributed by atoms with Gasteiger partial charge in [-0.15, -0.1) is 0 Å². The highest BCUT2D eigenvalue weighted by molar-refractivity contribution is 7.91. The lowest BCUT2D eigenvalue weighted by Crippen LogP contribution is -2.43. The number of nitrogens with one attached hydrogen (secondary N) is 4. The van der Waals surface area contributed by atoms with Crippen molar-refractivity contribution in [1.82, 2.24) is 15.3 Å². The highest BCUT2D eigenvalue weighted by atomic mass is 32.2. The summed E-state index contributed by atoms with van der Waals surface area (Å²) in [6, 6.07) is 40.6. The van der Waals surface area contributed by atoms with Crippen LogP contribution in [0.1, 0.15) is 69.8 Å². The van der Waals surface area contributed by atoms with E-state index in [1.165, 1.54) is 49.7 Å². The molecule has 0 aliphatic rings. The minimum Gasteiger partial charge on any atom is -0.497 e. The average Bonchev–Trinajstić information content (AvgIpc) is 3.37. The van der Waals surface area contributed by atoms with Gasteiger partial charge in [-0.2, -0.15) is 0 Å². The number of anilines is 3. The molecule has 0 saturated heterocycles. The van der Waals surface area contributed by atoms with Crippen LogP contribution >= 0.6 is 0 Å². The van der Waals surface area contributed by atoms with Gasteiger partial charge in [0, 0.05) is 52.6 Å². The van der Waals surface area contributed by atoms with Crippen LogP contribution in [0.5, 0.6) is 11.5 Å². The Balaban J connectivity index is 0.947. The van der Waals surface area contributed by atoms with Crippen LogP contribution < -0.4 is 36.7 Å². The van der Waals surface area contributed by atoms with Crippen molar-refractivity contribution in [2.24, 2.45) is 5.73 Å². The van der Waals surface area contributed by atoms with Crippen LogP contribution in [0, 0.1) is 6.92 Å². The Hall–Kier alpha value is -7.63. The number of carbonyl (C=O) groups is 2. The van der Waals surface area contributed by atoms with E-state index in [4.69, 9.17) is 19.6 Å². The zero-order valence-electron chi connectivity index (χ0n) is 42.0. The quantitative estimate of drug-likeness (QED) is 0.0381. The van der Waals surface area contributed by atoms with Crippen LogP contribution in [-0.4, -0.2) is 58.7 Å². The fourth-order valence-corrected chi connectivity index (χ4v) is 11.0.